The molecule has 0 bridgehead atoms. The molecule has 1 radical (unpaired) electrons. The van der Waals surface area contributed by atoms with Gasteiger partial charge in [0.25, 0.3) is 0 Å². The summed E-state index contributed by atoms with van der Waals surface area (Å²) in [6, 6.07) is 9.10. The molecule has 4 heteroatoms. The molecule has 1 aromatic rings. The number of rotatable bonds is 1. The fraction of sp³-hybridized carbons (Fsp3) is 0.300. The van der Waals surface area contributed by atoms with Crippen molar-refractivity contribution in [3.63, 3.8) is 0 Å². The van der Waals surface area contributed by atoms with E-state index >= 15 is 0 Å². The first-order valence-corrected chi connectivity index (χ1v) is 3.70. The van der Waals surface area contributed by atoms with Crippen molar-refractivity contribution in [2.75, 3.05) is 21.3 Å². The first-order valence-electron chi connectivity index (χ1n) is 3.70. The summed E-state index contributed by atoms with van der Waals surface area (Å²) in [7, 11) is 4.25. The zero-order valence-electron chi connectivity index (χ0n) is 8.68. The van der Waals surface area contributed by atoms with Crippen LogP contribution >= 0.6 is 0 Å². The Morgan fingerprint density at radius 1 is 1.14 bits per heavy atom. The Balaban J connectivity index is -0.000000176. The maximum absolute atomic E-state index is 10.0. The molecule has 0 heterocycles. The van der Waals surface area contributed by atoms with Crippen LogP contribution in [-0.4, -0.2) is 32.7 Å². The number of hydrogen-bond acceptors (Lipinski definition) is 3. The minimum Gasteiger partial charge on any atom is -0.400 e. The van der Waals surface area contributed by atoms with Gasteiger partial charge in [-0.1, -0.05) is 30.3 Å². The third kappa shape index (κ3) is 13.9. The van der Waals surface area contributed by atoms with E-state index in [0.717, 1.165) is 19.0 Å². The van der Waals surface area contributed by atoms with Crippen LogP contribution in [-0.2, 0) is 23.3 Å². The minimum atomic E-state index is 0. The number of hydrogen-bond donors (Lipinski definition) is 1. The van der Waals surface area contributed by atoms with E-state index in [1.54, 1.807) is 26.4 Å². The van der Waals surface area contributed by atoms with Crippen molar-refractivity contribution in [3.8, 4) is 0 Å². The van der Waals surface area contributed by atoms with E-state index in [0.29, 0.717) is 0 Å². The summed E-state index contributed by atoms with van der Waals surface area (Å²) in [5.41, 5.74) is 0.729. The van der Waals surface area contributed by atoms with Gasteiger partial charge in [0.05, 0.1) is 0 Å². The van der Waals surface area contributed by atoms with E-state index in [9.17, 15) is 4.79 Å². The molecule has 0 amide bonds. The van der Waals surface area contributed by atoms with Crippen LogP contribution in [0.3, 0.4) is 0 Å². The number of aliphatic hydroxyl groups excluding tert-OH is 1. The van der Waals surface area contributed by atoms with Crippen molar-refractivity contribution in [3.05, 3.63) is 35.9 Å². The van der Waals surface area contributed by atoms with Gasteiger partial charge in [-0.15, -0.1) is 0 Å². The zero-order valence-corrected chi connectivity index (χ0v) is 10.1. The van der Waals surface area contributed by atoms with Gasteiger partial charge in [-0.05, 0) is 0 Å². The van der Waals surface area contributed by atoms with Crippen LogP contribution in [0.2, 0.25) is 0 Å². The molecular weight excluding hydrogens is 219 g/mol. The summed E-state index contributed by atoms with van der Waals surface area (Å²) in [5, 5.41) is 7.00. The average Bonchev–Trinajstić information content (AvgIpc) is 2.23. The van der Waals surface area contributed by atoms with Gasteiger partial charge in [0, 0.05) is 45.4 Å². The van der Waals surface area contributed by atoms with Gasteiger partial charge in [0.2, 0.25) is 0 Å². The van der Waals surface area contributed by atoms with E-state index in [1.165, 1.54) is 0 Å². The second-order valence-corrected chi connectivity index (χ2v) is 1.94. The molecule has 79 valence electrons. The van der Waals surface area contributed by atoms with E-state index in [4.69, 9.17) is 5.11 Å². The van der Waals surface area contributed by atoms with Crippen LogP contribution in [0.15, 0.2) is 30.3 Å². The number of aliphatic hydroxyl groups is 1. The van der Waals surface area contributed by atoms with Gasteiger partial charge in [-0.3, -0.25) is 4.79 Å². The van der Waals surface area contributed by atoms with Crippen LogP contribution in [0.1, 0.15) is 10.4 Å². The van der Waals surface area contributed by atoms with Gasteiger partial charge in [0.15, 0.2) is 0 Å². The van der Waals surface area contributed by atoms with Crippen LogP contribution in [0.25, 0.3) is 0 Å². The van der Waals surface area contributed by atoms with Crippen LogP contribution in [0, 0.1) is 0 Å². The Labute approximate surface area is 97.0 Å². The Morgan fingerprint density at radius 2 is 1.50 bits per heavy atom. The van der Waals surface area contributed by atoms with E-state index in [2.05, 4.69) is 4.74 Å². The molecule has 0 saturated heterocycles. The summed E-state index contributed by atoms with van der Waals surface area (Å²) in [5.74, 6) is 0. The summed E-state index contributed by atoms with van der Waals surface area (Å²) >= 11 is 0. The monoisotopic (exact) mass is 235 g/mol. The molecule has 0 aliphatic rings. The SMILES string of the molecule is CO.COC.O=Cc1ccccc1.[V]. The summed E-state index contributed by atoms with van der Waals surface area (Å²) in [6.45, 7) is 0. The third-order valence-corrected chi connectivity index (χ3v) is 0.936. The number of aldehydes is 1. The number of methoxy groups -OCH3 is 1. The van der Waals surface area contributed by atoms with Crippen molar-refractivity contribution >= 4 is 6.29 Å². The number of carbonyl (C=O) groups is 1. The molecule has 0 saturated carbocycles. The second kappa shape index (κ2) is 18.2. The molecule has 1 N–H and O–H groups in total. The molecule has 14 heavy (non-hydrogen) atoms. The smallest absolute Gasteiger partial charge is 0.150 e. The number of carbonyl (C=O) groups excluding carboxylic acids is 1. The maximum Gasteiger partial charge on any atom is 0.150 e. The van der Waals surface area contributed by atoms with Gasteiger partial charge in [0.1, 0.15) is 6.29 Å². The molecule has 0 aromatic heterocycles. The predicted octanol–water partition coefficient (Wildman–Crippen LogP) is 1.37. The Bertz CT molecular complexity index is 190. The molecular formula is C10H16O3V. The van der Waals surface area contributed by atoms with Crippen molar-refractivity contribution in [2.24, 2.45) is 0 Å². The molecule has 0 atom stereocenters. The summed E-state index contributed by atoms with van der Waals surface area (Å²) in [4.78, 5) is 10.0. The Hall–Kier alpha value is -0.606. The van der Waals surface area contributed by atoms with Crippen molar-refractivity contribution in [1.29, 1.82) is 0 Å². The molecule has 0 fully saturated rings. The van der Waals surface area contributed by atoms with Gasteiger partial charge in [-0.2, -0.15) is 0 Å². The van der Waals surface area contributed by atoms with E-state index in [-0.39, 0.29) is 18.6 Å². The quantitative estimate of drug-likeness (QED) is 0.748. The first-order chi connectivity index (χ1) is 6.35. The van der Waals surface area contributed by atoms with Gasteiger partial charge < -0.3 is 9.84 Å². The first kappa shape index (κ1) is 19.0. The molecule has 1 aromatic carbocycles. The molecule has 1 rings (SSSR count). The van der Waals surface area contributed by atoms with Crippen molar-refractivity contribution in [2.45, 2.75) is 0 Å². The Kier molecular flexibility index (Phi) is 24.8. The fourth-order valence-corrected chi connectivity index (χ4v) is 0.532. The summed E-state index contributed by atoms with van der Waals surface area (Å²) in [6.07, 6.45) is 0.833. The average molecular weight is 235 g/mol. The van der Waals surface area contributed by atoms with Crippen molar-refractivity contribution < 1.29 is 33.2 Å². The van der Waals surface area contributed by atoms with Crippen LogP contribution in [0.4, 0.5) is 0 Å². The standard InChI is InChI=1S/C7H6O.C2H6O.CH4O.V/c8-6-7-4-2-1-3-5-7;1-3-2;1-2;/h1-6H;1-2H3;2H,1H3;. The zero-order chi connectivity index (χ0) is 10.5. The molecule has 3 nitrogen and oxygen atoms in total. The van der Waals surface area contributed by atoms with E-state index in [1.807, 2.05) is 18.2 Å². The van der Waals surface area contributed by atoms with E-state index < -0.39 is 0 Å². The van der Waals surface area contributed by atoms with Crippen molar-refractivity contribution in [1.82, 2.24) is 0 Å². The van der Waals surface area contributed by atoms with Crippen LogP contribution in [0.5, 0.6) is 0 Å². The number of ether oxygens (including phenoxy) is 1. The fourth-order valence-electron chi connectivity index (χ4n) is 0.532. The number of benzene rings is 1. The molecule has 0 spiro atoms. The van der Waals surface area contributed by atoms with Gasteiger partial charge in [-0.25, -0.2) is 0 Å². The predicted molar refractivity (Wildman–Crippen MR) is 52.9 cm³/mol. The van der Waals surface area contributed by atoms with Crippen LogP contribution < -0.4 is 0 Å². The van der Waals surface area contributed by atoms with Gasteiger partial charge >= 0.3 is 0 Å². The largest absolute Gasteiger partial charge is 0.400 e. The third-order valence-electron chi connectivity index (χ3n) is 0.936. The Morgan fingerprint density at radius 3 is 1.71 bits per heavy atom. The topological polar surface area (TPSA) is 46.5 Å². The molecule has 0 aliphatic heterocycles. The summed E-state index contributed by atoms with van der Waals surface area (Å²) < 4.78 is 4.25. The second-order valence-electron chi connectivity index (χ2n) is 1.94. The maximum atomic E-state index is 10.0. The minimum absolute atomic E-state index is 0. The normalized spacial score (nSPS) is 6.57. The molecule has 0 unspecified atom stereocenters. The molecule has 0 aliphatic carbocycles.